The van der Waals surface area contributed by atoms with Gasteiger partial charge in [0.05, 0.1) is 6.20 Å². The normalized spacial score (nSPS) is 11.1. The number of carbonyl (C=O) groups is 2. The number of nitrogens with one attached hydrogen (secondary N) is 2. The van der Waals surface area contributed by atoms with Crippen LogP contribution in [0, 0.1) is 6.92 Å². The van der Waals surface area contributed by atoms with Crippen molar-refractivity contribution < 1.29 is 14.0 Å². The van der Waals surface area contributed by atoms with Crippen molar-refractivity contribution in [3.05, 3.63) is 77.9 Å². The quantitative estimate of drug-likeness (QED) is 0.678. The van der Waals surface area contributed by atoms with Gasteiger partial charge in [-0.1, -0.05) is 30.3 Å². The highest BCUT2D eigenvalue weighted by atomic mass is 16.4. The van der Waals surface area contributed by atoms with Crippen LogP contribution in [-0.2, 0) is 9.59 Å². The highest BCUT2D eigenvalue weighted by Gasteiger charge is 2.12. The summed E-state index contributed by atoms with van der Waals surface area (Å²) in [7, 11) is 0. The zero-order valence-electron chi connectivity index (χ0n) is 15.0. The van der Waals surface area contributed by atoms with Crippen LogP contribution in [0.4, 0.5) is 5.69 Å². The highest BCUT2D eigenvalue weighted by molar-refractivity contribution is 6.08. The number of rotatable bonds is 5. The van der Waals surface area contributed by atoms with Gasteiger partial charge in [0.25, 0.3) is 5.91 Å². The smallest absolute Gasteiger partial charge is 0.272 e. The maximum Gasteiger partial charge on any atom is 0.272 e. The van der Waals surface area contributed by atoms with Crippen molar-refractivity contribution in [2.75, 3.05) is 5.32 Å². The van der Waals surface area contributed by atoms with E-state index in [2.05, 4.69) is 15.6 Å². The zero-order chi connectivity index (χ0) is 19.2. The molecule has 0 fully saturated rings. The van der Waals surface area contributed by atoms with Crippen LogP contribution in [0.25, 0.3) is 17.4 Å². The second-order valence-electron chi connectivity index (χ2n) is 5.92. The molecule has 0 spiro atoms. The second-order valence-corrected chi connectivity index (χ2v) is 5.92. The van der Waals surface area contributed by atoms with E-state index in [0.29, 0.717) is 17.3 Å². The van der Waals surface area contributed by atoms with Crippen LogP contribution >= 0.6 is 0 Å². The van der Waals surface area contributed by atoms with Crippen LogP contribution in [0.3, 0.4) is 0 Å². The molecule has 2 aromatic carbocycles. The van der Waals surface area contributed by atoms with Crippen molar-refractivity contribution in [1.82, 2.24) is 10.3 Å². The number of hydrogen-bond acceptors (Lipinski definition) is 4. The number of oxazole rings is 1. The van der Waals surface area contributed by atoms with Gasteiger partial charge in [0.1, 0.15) is 5.70 Å². The van der Waals surface area contributed by atoms with E-state index in [1.165, 1.54) is 6.92 Å². The first-order chi connectivity index (χ1) is 13.0. The van der Waals surface area contributed by atoms with Crippen molar-refractivity contribution in [3.8, 4) is 11.3 Å². The summed E-state index contributed by atoms with van der Waals surface area (Å²) in [6.45, 7) is 3.14. The molecule has 0 atom stereocenters. The van der Waals surface area contributed by atoms with Gasteiger partial charge in [0.15, 0.2) is 11.7 Å². The predicted octanol–water partition coefficient (Wildman–Crippen LogP) is 3.77. The Hall–Kier alpha value is -3.67. The van der Waals surface area contributed by atoms with E-state index in [0.717, 1.165) is 11.1 Å². The fourth-order valence-electron chi connectivity index (χ4n) is 2.48. The molecule has 2 amide bonds. The van der Waals surface area contributed by atoms with Gasteiger partial charge < -0.3 is 15.1 Å². The van der Waals surface area contributed by atoms with Gasteiger partial charge in [-0.25, -0.2) is 4.98 Å². The average molecular weight is 361 g/mol. The fraction of sp³-hybridized carbons (Fsp3) is 0.0952. The number of amides is 2. The molecule has 3 aromatic rings. The van der Waals surface area contributed by atoms with Crippen LogP contribution in [0.1, 0.15) is 18.4 Å². The topological polar surface area (TPSA) is 84.2 Å². The molecule has 0 aliphatic rings. The molecule has 6 heteroatoms. The van der Waals surface area contributed by atoms with Gasteiger partial charge in [-0.15, -0.1) is 0 Å². The molecule has 0 bridgehead atoms. The van der Waals surface area contributed by atoms with Gasteiger partial charge in [-0.05, 0) is 35.9 Å². The van der Waals surface area contributed by atoms with E-state index in [4.69, 9.17) is 4.42 Å². The van der Waals surface area contributed by atoms with Crippen molar-refractivity contribution in [2.24, 2.45) is 0 Å². The summed E-state index contributed by atoms with van der Waals surface area (Å²) < 4.78 is 5.48. The van der Waals surface area contributed by atoms with Crippen LogP contribution in [-0.4, -0.2) is 16.8 Å². The van der Waals surface area contributed by atoms with E-state index in [9.17, 15) is 9.59 Å². The lowest BCUT2D eigenvalue weighted by Gasteiger charge is -2.10. The number of aryl methyl sites for hydroxylation is 1. The number of aromatic nitrogens is 1. The Balaban J connectivity index is 1.77. The lowest BCUT2D eigenvalue weighted by atomic mass is 10.1. The maximum atomic E-state index is 12.6. The fourth-order valence-corrected chi connectivity index (χ4v) is 2.48. The number of nitrogens with zero attached hydrogens (tertiary/aromatic N) is 1. The summed E-state index contributed by atoms with van der Waals surface area (Å²) in [6, 6.07) is 16.5. The highest BCUT2D eigenvalue weighted by Crippen LogP contribution is 2.22. The monoisotopic (exact) mass is 361 g/mol. The van der Waals surface area contributed by atoms with E-state index < -0.39 is 5.91 Å². The predicted molar refractivity (Wildman–Crippen MR) is 104 cm³/mol. The number of carbonyl (C=O) groups excluding carboxylic acids is 2. The molecule has 0 unspecified atom stereocenters. The summed E-state index contributed by atoms with van der Waals surface area (Å²) in [4.78, 5) is 28.1. The average Bonchev–Trinajstić information content (AvgIpc) is 3.09. The lowest BCUT2D eigenvalue weighted by molar-refractivity contribution is -0.120. The molecule has 3 rings (SSSR count). The molecule has 1 aromatic heterocycles. The minimum absolute atomic E-state index is 0.170. The Bertz CT molecular complexity index is 973. The molecule has 6 nitrogen and oxygen atoms in total. The Morgan fingerprint density at radius 2 is 1.74 bits per heavy atom. The Morgan fingerprint density at radius 3 is 2.33 bits per heavy atom. The first-order valence-electron chi connectivity index (χ1n) is 8.40. The van der Waals surface area contributed by atoms with E-state index >= 15 is 0 Å². The Kier molecular flexibility index (Phi) is 5.47. The summed E-state index contributed by atoms with van der Waals surface area (Å²) in [5, 5.41) is 5.36. The first kappa shape index (κ1) is 18.1. The summed E-state index contributed by atoms with van der Waals surface area (Å²) in [6.07, 6.45) is 3.28. The van der Waals surface area contributed by atoms with Gasteiger partial charge in [0.2, 0.25) is 5.91 Å². The molecule has 0 saturated carbocycles. The minimum atomic E-state index is -0.405. The first-order valence-corrected chi connectivity index (χ1v) is 8.40. The molecule has 0 radical (unpaired) electrons. The third-order valence-electron chi connectivity index (χ3n) is 3.71. The van der Waals surface area contributed by atoms with Crippen molar-refractivity contribution >= 4 is 23.6 Å². The minimum Gasteiger partial charge on any atom is -0.441 e. The lowest BCUT2D eigenvalue weighted by Crippen LogP contribution is -2.28. The van der Waals surface area contributed by atoms with Gasteiger partial charge >= 0.3 is 0 Å². The largest absolute Gasteiger partial charge is 0.441 e. The SMILES string of the molecule is CC(=O)NC(=Cc1ccccc1)C(=O)Nc1ccc(-c2cnc(C)o2)cc1. The summed E-state index contributed by atoms with van der Waals surface area (Å²) >= 11 is 0. The van der Waals surface area contributed by atoms with E-state index in [1.54, 1.807) is 31.3 Å². The van der Waals surface area contributed by atoms with Gasteiger partial charge in [0, 0.05) is 25.1 Å². The Labute approximate surface area is 156 Å². The molecule has 0 saturated heterocycles. The number of hydrogen-bond donors (Lipinski definition) is 2. The molecule has 1 heterocycles. The van der Waals surface area contributed by atoms with E-state index in [-0.39, 0.29) is 11.6 Å². The molecular weight excluding hydrogens is 342 g/mol. The summed E-state index contributed by atoms with van der Waals surface area (Å²) in [5.41, 5.74) is 2.44. The number of anilines is 1. The van der Waals surface area contributed by atoms with Crippen molar-refractivity contribution in [2.45, 2.75) is 13.8 Å². The molecular formula is C21H19N3O3. The van der Waals surface area contributed by atoms with Crippen LogP contribution in [0.2, 0.25) is 0 Å². The maximum absolute atomic E-state index is 12.6. The Morgan fingerprint density at radius 1 is 1.04 bits per heavy atom. The van der Waals surface area contributed by atoms with Crippen molar-refractivity contribution in [3.63, 3.8) is 0 Å². The standard InChI is InChI=1S/C21H19N3O3/c1-14(25)23-19(12-16-6-4-3-5-7-16)21(26)24-18-10-8-17(9-11-18)20-13-22-15(2)27-20/h3-13H,1-2H3,(H,23,25)(H,24,26). The van der Waals surface area contributed by atoms with Crippen molar-refractivity contribution in [1.29, 1.82) is 0 Å². The third-order valence-corrected chi connectivity index (χ3v) is 3.71. The zero-order valence-corrected chi connectivity index (χ0v) is 15.0. The van der Waals surface area contributed by atoms with Crippen LogP contribution in [0.5, 0.6) is 0 Å². The molecule has 0 aliphatic heterocycles. The summed E-state index contributed by atoms with van der Waals surface area (Å²) in [5.74, 6) is 0.530. The van der Waals surface area contributed by atoms with Gasteiger partial charge in [-0.2, -0.15) is 0 Å². The molecule has 136 valence electrons. The number of benzene rings is 2. The molecule has 27 heavy (non-hydrogen) atoms. The third kappa shape index (κ3) is 4.92. The molecule has 0 aliphatic carbocycles. The molecule has 2 N–H and O–H groups in total. The van der Waals surface area contributed by atoms with Crippen LogP contribution < -0.4 is 10.6 Å². The van der Waals surface area contributed by atoms with Crippen LogP contribution in [0.15, 0.2) is 70.9 Å². The van der Waals surface area contributed by atoms with Gasteiger partial charge in [-0.3, -0.25) is 9.59 Å². The second kappa shape index (κ2) is 8.14. The van der Waals surface area contributed by atoms with E-state index in [1.807, 2.05) is 42.5 Å².